The number of aromatic amines is 1. The fourth-order valence-corrected chi connectivity index (χ4v) is 2.39. The Morgan fingerprint density at radius 3 is 2.55 bits per heavy atom. The number of carbonyl (C=O) groups excluding carboxylic acids is 1. The third-order valence-corrected chi connectivity index (χ3v) is 3.48. The number of rotatable bonds is 4. The molecule has 0 aliphatic carbocycles. The Bertz CT molecular complexity index is 865. The van der Waals surface area contributed by atoms with Gasteiger partial charge < -0.3 is 9.72 Å². The zero-order chi connectivity index (χ0) is 15.7. The molecule has 6 nitrogen and oxygen atoms in total. The summed E-state index contributed by atoms with van der Waals surface area (Å²) in [4.78, 5) is 26.2. The Kier molecular flexibility index (Phi) is 3.34. The molecule has 0 saturated carbocycles. The standard InChI is InChI=1S/C16H12N2O4/c1-22-11-7-5-10(6-8-11)16(19)12-9-17-13-3-2-4-14(15(12)13)18(20)21/h2-9,17H,1H3. The Balaban J connectivity index is 2.13. The quantitative estimate of drug-likeness (QED) is 0.454. The molecule has 0 unspecified atom stereocenters. The van der Waals surface area contributed by atoms with E-state index in [0.717, 1.165) is 0 Å². The lowest BCUT2D eigenvalue weighted by atomic mass is 10.0. The first kappa shape index (κ1) is 13.8. The summed E-state index contributed by atoms with van der Waals surface area (Å²) in [6.07, 6.45) is 1.50. The second-order valence-electron chi connectivity index (χ2n) is 4.72. The maximum absolute atomic E-state index is 12.6. The van der Waals surface area contributed by atoms with Crippen molar-refractivity contribution in [3.8, 4) is 5.75 Å². The van der Waals surface area contributed by atoms with Crippen LogP contribution in [0.4, 0.5) is 5.69 Å². The van der Waals surface area contributed by atoms with E-state index in [2.05, 4.69) is 4.98 Å². The average Bonchev–Trinajstić information content (AvgIpc) is 2.98. The van der Waals surface area contributed by atoms with Crippen molar-refractivity contribution in [3.05, 3.63) is 69.9 Å². The number of nitro benzene ring substituents is 1. The predicted molar refractivity (Wildman–Crippen MR) is 81.4 cm³/mol. The molecule has 0 saturated heterocycles. The molecule has 22 heavy (non-hydrogen) atoms. The number of H-pyrrole nitrogens is 1. The first-order chi connectivity index (χ1) is 10.6. The van der Waals surface area contributed by atoms with Crippen LogP contribution in [0.3, 0.4) is 0 Å². The number of fused-ring (bicyclic) bond motifs is 1. The number of nitro groups is 1. The number of ether oxygens (including phenoxy) is 1. The topological polar surface area (TPSA) is 85.2 Å². The van der Waals surface area contributed by atoms with Gasteiger partial charge in [-0.05, 0) is 30.3 Å². The number of nitrogens with zero attached hydrogens (tertiary/aromatic N) is 1. The van der Waals surface area contributed by atoms with Crippen LogP contribution in [-0.4, -0.2) is 22.8 Å². The van der Waals surface area contributed by atoms with Crippen molar-refractivity contribution in [1.82, 2.24) is 4.98 Å². The molecule has 0 aliphatic heterocycles. The first-order valence-electron chi connectivity index (χ1n) is 6.55. The summed E-state index contributed by atoms with van der Waals surface area (Å²) in [5, 5.41) is 11.5. The SMILES string of the molecule is COc1ccc(C(=O)c2c[nH]c3cccc([N+](=O)[O-])c23)cc1. The van der Waals surface area contributed by atoms with Crippen LogP contribution in [0.1, 0.15) is 15.9 Å². The fraction of sp³-hybridized carbons (Fsp3) is 0.0625. The minimum Gasteiger partial charge on any atom is -0.497 e. The van der Waals surface area contributed by atoms with Crippen LogP contribution in [0.2, 0.25) is 0 Å². The molecular formula is C16H12N2O4. The van der Waals surface area contributed by atoms with E-state index < -0.39 is 4.92 Å². The van der Waals surface area contributed by atoms with Crippen molar-refractivity contribution in [2.24, 2.45) is 0 Å². The minimum absolute atomic E-state index is 0.0874. The normalized spacial score (nSPS) is 10.6. The molecule has 3 rings (SSSR count). The molecule has 1 N–H and O–H groups in total. The van der Waals surface area contributed by atoms with E-state index in [9.17, 15) is 14.9 Å². The lowest BCUT2D eigenvalue weighted by Crippen LogP contribution is -2.01. The maximum atomic E-state index is 12.6. The first-order valence-corrected chi connectivity index (χ1v) is 6.55. The summed E-state index contributed by atoms with van der Waals surface area (Å²) in [6, 6.07) is 11.3. The van der Waals surface area contributed by atoms with Gasteiger partial charge in [-0.2, -0.15) is 0 Å². The van der Waals surface area contributed by atoms with Crippen LogP contribution in [0.15, 0.2) is 48.7 Å². The third kappa shape index (κ3) is 2.20. The maximum Gasteiger partial charge on any atom is 0.279 e. The third-order valence-electron chi connectivity index (χ3n) is 3.48. The highest BCUT2D eigenvalue weighted by molar-refractivity contribution is 6.18. The lowest BCUT2D eigenvalue weighted by molar-refractivity contribution is -0.383. The smallest absolute Gasteiger partial charge is 0.279 e. The molecule has 3 aromatic rings. The lowest BCUT2D eigenvalue weighted by Gasteiger charge is -2.03. The van der Waals surface area contributed by atoms with Gasteiger partial charge in [-0.25, -0.2) is 0 Å². The van der Waals surface area contributed by atoms with Crippen LogP contribution in [0, 0.1) is 10.1 Å². The Hall–Kier alpha value is -3.15. The number of hydrogen-bond donors (Lipinski definition) is 1. The van der Waals surface area contributed by atoms with Gasteiger partial charge in [0.25, 0.3) is 5.69 Å². The number of non-ortho nitro benzene ring substituents is 1. The molecule has 2 aromatic carbocycles. The van der Waals surface area contributed by atoms with Gasteiger partial charge in [0, 0.05) is 17.8 Å². The second kappa shape index (κ2) is 5.33. The average molecular weight is 296 g/mol. The highest BCUT2D eigenvalue weighted by atomic mass is 16.6. The van der Waals surface area contributed by atoms with Crippen LogP contribution >= 0.6 is 0 Å². The number of benzene rings is 2. The summed E-state index contributed by atoms with van der Waals surface area (Å²) in [6.45, 7) is 0. The van der Waals surface area contributed by atoms with E-state index in [1.54, 1.807) is 43.5 Å². The molecule has 0 aliphatic rings. The van der Waals surface area contributed by atoms with E-state index in [1.807, 2.05) is 0 Å². The van der Waals surface area contributed by atoms with E-state index in [-0.39, 0.29) is 17.0 Å². The van der Waals surface area contributed by atoms with Crippen molar-refractivity contribution >= 4 is 22.4 Å². The van der Waals surface area contributed by atoms with E-state index in [0.29, 0.717) is 22.2 Å². The summed E-state index contributed by atoms with van der Waals surface area (Å²) in [5.41, 5.74) is 1.20. The zero-order valence-electron chi connectivity index (χ0n) is 11.7. The molecule has 0 bridgehead atoms. The van der Waals surface area contributed by atoms with E-state index in [1.165, 1.54) is 12.3 Å². The number of aromatic nitrogens is 1. The molecule has 0 atom stereocenters. The zero-order valence-corrected chi connectivity index (χ0v) is 11.7. The molecule has 0 fully saturated rings. The Labute approximate surface area is 125 Å². The van der Waals surface area contributed by atoms with Crippen LogP contribution in [0.25, 0.3) is 10.9 Å². The molecule has 0 spiro atoms. The fourth-order valence-electron chi connectivity index (χ4n) is 2.39. The molecule has 1 aromatic heterocycles. The molecular weight excluding hydrogens is 284 g/mol. The highest BCUT2D eigenvalue weighted by Gasteiger charge is 2.21. The van der Waals surface area contributed by atoms with E-state index in [4.69, 9.17) is 4.74 Å². The van der Waals surface area contributed by atoms with Gasteiger partial charge in [0.2, 0.25) is 0 Å². The second-order valence-corrected chi connectivity index (χ2v) is 4.72. The van der Waals surface area contributed by atoms with Crippen molar-refractivity contribution < 1.29 is 14.5 Å². The molecule has 0 radical (unpaired) electrons. The van der Waals surface area contributed by atoms with Gasteiger partial charge in [0.1, 0.15) is 5.75 Å². The van der Waals surface area contributed by atoms with Crippen molar-refractivity contribution in [3.63, 3.8) is 0 Å². The molecule has 0 amide bonds. The summed E-state index contributed by atoms with van der Waals surface area (Å²) < 4.78 is 5.05. The Morgan fingerprint density at radius 2 is 1.91 bits per heavy atom. The molecule has 110 valence electrons. The van der Waals surface area contributed by atoms with Crippen LogP contribution in [0.5, 0.6) is 5.75 Å². The monoisotopic (exact) mass is 296 g/mol. The number of carbonyl (C=O) groups is 1. The van der Waals surface area contributed by atoms with Gasteiger partial charge in [0.15, 0.2) is 5.78 Å². The van der Waals surface area contributed by atoms with Crippen molar-refractivity contribution in [1.29, 1.82) is 0 Å². The minimum atomic E-state index is -0.485. The molecule has 1 heterocycles. The molecule has 6 heteroatoms. The van der Waals surface area contributed by atoms with Gasteiger partial charge in [0.05, 0.1) is 28.5 Å². The summed E-state index contributed by atoms with van der Waals surface area (Å²) in [7, 11) is 1.54. The number of methoxy groups -OCH3 is 1. The van der Waals surface area contributed by atoms with Crippen LogP contribution in [-0.2, 0) is 0 Å². The number of nitrogens with one attached hydrogen (secondary N) is 1. The van der Waals surface area contributed by atoms with Gasteiger partial charge in [-0.3, -0.25) is 14.9 Å². The Morgan fingerprint density at radius 1 is 1.18 bits per heavy atom. The largest absolute Gasteiger partial charge is 0.497 e. The predicted octanol–water partition coefficient (Wildman–Crippen LogP) is 3.32. The van der Waals surface area contributed by atoms with E-state index >= 15 is 0 Å². The number of ketones is 1. The van der Waals surface area contributed by atoms with Crippen LogP contribution < -0.4 is 4.74 Å². The number of hydrogen-bond acceptors (Lipinski definition) is 4. The van der Waals surface area contributed by atoms with Gasteiger partial charge in [-0.15, -0.1) is 0 Å². The summed E-state index contributed by atoms with van der Waals surface area (Å²) >= 11 is 0. The van der Waals surface area contributed by atoms with Crippen molar-refractivity contribution in [2.45, 2.75) is 0 Å². The van der Waals surface area contributed by atoms with Gasteiger partial charge in [-0.1, -0.05) is 6.07 Å². The highest BCUT2D eigenvalue weighted by Crippen LogP contribution is 2.30. The van der Waals surface area contributed by atoms with Crippen molar-refractivity contribution in [2.75, 3.05) is 7.11 Å². The van der Waals surface area contributed by atoms with Gasteiger partial charge >= 0.3 is 0 Å². The summed E-state index contributed by atoms with van der Waals surface area (Å²) in [5.74, 6) is 0.365.